The van der Waals surface area contributed by atoms with Crippen molar-refractivity contribution in [2.75, 3.05) is 13.1 Å². The topological polar surface area (TPSA) is 51.4 Å². The van der Waals surface area contributed by atoms with Crippen LogP contribution in [0, 0.1) is 0 Å². The number of nitrogens with zero attached hydrogens (tertiary/aromatic N) is 3. The summed E-state index contributed by atoms with van der Waals surface area (Å²) in [5.74, 6) is 1.47. The summed E-state index contributed by atoms with van der Waals surface area (Å²) in [5.41, 5.74) is 2.88. The summed E-state index contributed by atoms with van der Waals surface area (Å²) in [6.07, 6.45) is 7.09. The van der Waals surface area contributed by atoms with Gasteiger partial charge in [-0.3, -0.25) is 4.98 Å². The fourth-order valence-corrected chi connectivity index (χ4v) is 3.47. The Kier molecular flexibility index (Phi) is 5.49. The van der Waals surface area contributed by atoms with Gasteiger partial charge in [0.15, 0.2) is 0 Å². The molecule has 0 spiro atoms. The lowest BCUT2D eigenvalue weighted by Crippen LogP contribution is -2.29. The zero-order chi connectivity index (χ0) is 18.5. The number of hydrogen-bond donors (Lipinski definition) is 0. The van der Waals surface area contributed by atoms with Gasteiger partial charge in [0, 0.05) is 30.8 Å². The van der Waals surface area contributed by atoms with E-state index >= 15 is 0 Å². The molecule has 1 aliphatic rings. The van der Waals surface area contributed by atoms with Crippen LogP contribution < -0.4 is 4.74 Å². The number of benzene rings is 1. The lowest BCUT2D eigenvalue weighted by Gasteiger charge is -2.19. The SMILES string of the molecule is C[C@@H]1CCCN1CCc1coc(-c2ccc(OCc3ccccn3)cc2)n1. The molecule has 3 aromatic rings. The molecule has 3 heterocycles. The molecule has 0 bridgehead atoms. The second-order valence-corrected chi connectivity index (χ2v) is 7.06. The van der Waals surface area contributed by atoms with Gasteiger partial charge in [-0.05, 0) is 62.7 Å². The van der Waals surface area contributed by atoms with Gasteiger partial charge >= 0.3 is 0 Å². The molecule has 1 fully saturated rings. The van der Waals surface area contributed by atoms with E-state index in [2.05, 4.69) is 21.8 Å². The van der Waals surface area contributed by atoms with Gasteiger partial charge < -0.3 is 14.1 Å². The van der Waals surface area contributed by atoms with Crippen LogP contribution in [0.2, 0.25) is 0 Å². The van der Waals surface area contributed by atoms with Crippen molar-refractivity contribution in [3.63, 3.8) is 0 Å². The molecule has 2 aromatic heterocycles. The van der Waals surface area contributed by atoms with Gasteiger partial charge in [-0.15, -0.1) is 0 Å². The summed E-state index contributed by atoms with van der Waals surface area (Å²) in [6, 6.07) is 14.3. The fourth-order valence-electron chi connectivity index (χ4n) is 3.47. The van der Waals surface area contributed by atoms with E-state index in [0.717, 1.165) is 35.7 Å². The largest absolute Gasteiger partial charge is 0.487 e. The Hall–Kier alpha value is -2.66. The minimum absolute atomic E-state index is 0.457. The molecule has 0 saturated carbocycles. The lowest BCUT2D eigenvalue weighted by atomic mass is 10.2. The van der Waals surface area contributed by atoms with Crippen molar-refractivity contribution in [2.45, 2.75) is 38.8 Å². The lowest BCUT2D eigenvalue weighted by molar-refractivity contribution is 0.271. The zero-order valence-corrected chi connectivity index (χ0v) is 15.7. The average Bonchev–Trinajstić information content (AvgIpc) is 3.35. The predicted molar refractivity (Wildman–Crippen MR) is 104 cm³/mol. The second kappa shape index (κ2) is 8.35. The van der Waals surface area contributed by atoms with E-state index in [4.69, 9.17) is 9.15 Å². The highest BCUT2D eigenvalue weighted by Crippen LogP contribution is 2.23. The molecule has 0 amide bonds. The van der Waals surface area contributed by atoms with Crippen LogP contribution in [0.15, 0.2) is 59.3 Å². The van der Waals surface area contributed by atoms with E-state index in [1.807, 2.05) is 42.5 Å². The van der Waals surface area contributed by atoms with Crippen LogP contribution in [0.4, 0.5) is 0 Å². The first-order chi connectivity index (χ1) is 13.3. The van der Waals surface area contributed by atoms with Crippen LogP contribution >= 0.6 is 0 Å². The van der Waals surface area contributed by atoms with Crippen LogP contribution in [0.5, 0.6) is 5.75 Å². The van der Waals surface area contributed by atoms with Crippen LogP contribution in [0.1, 0.15) is 31.2 Å². The molecule has 4 rings (SSSR count). The summed E-state index contributed by atoms with van der Waals surface area (Å²) in [4.78, 5) is 11.4. The van der Waals surface area contributed by atoms with E-state index in [1.54, 1.807) is 12.5 Å². The number of rotatable bonds is 7. The van der Waals surface area contributed by atoms with Crippen molar-refractivity contribution in [3.05, 3.63) is 66.3 Å². The number of oxazole rings is 1. The first-order valence-electron chi connectivity index (χ1n) is 9.59. The number of hydrogen-bond acceptors (Lipinski definition) is 5. The van der Waals surface area contributed by atoms with Gasteiger partial charge in [-0.2, -0.15) is 0 Å². The van der Waals surface area contributed by atoms with Crippen molar-refractivity contribution in [1.82, 2.24) is 14.9 Å². The Morgan fingerprint density at radius 1 is 1.15 bits per heavy atom. The molecule has 5 nitrogen and oxygen atoms in total. The Morgan fingerprint density at radius 2 is 2.04 bits per heavy atom. The third-order valence-corrected chi connectivity index (χ3v) is 5.11. The molecule has 27 heavy (non-hydrogen) atoms. The van der Waals surface area contributed by atoms with Gasteiger partial charge in [0.1, 0.15) is 18.6 Å². The van der Waals surface area contributed by atoms with Gasteiger partial charge in [0.2, 0.25) is 5.89 Å². The van der Waals surface area contributed by atoms with Gasteiger partial charge in [0.05, 0.1) is 11.4 Å². The number of likely N-dealkylation sites (tertiary alicyclic amines) is 1. The standard InChI is InChI=1S/C22H25N3O2/c1-17-5-4-13-25(17)14-11-20-16-27-22(24-20)18-7-9-21(10-8-18)26-15-19-6-2-3-12-23-19/h2-3,6-10,12,16-17H,4-5,11,13-15H2,1H3/t17-/m1/s1. The molecule has 0 aliphatic carbocycles. The molecule has 140 valence electrons. The zero-order valence-electron chi connectivity index (χ0n) is 15.7. The minimum Gasteiger partial charge on any atom is -0.487 e. The molecule has 1 aliphatic heterocycles. The van der Waals surface area contributed by atoms with E-state index in [-0.39, 0.29) is 0 Å². The number of ether oxygens (including phenoxy) is 1. The molecule has 1 saturated heterocycles. The summed E-state index contributed by atoms with van der Waals surface area (Å²) in [5, 5.41) is 0. The number of pyridine rings is 1. The minimum atomic E-state index is 0.457. The van der Waals surface area contributed by atoms with Crippen molar-refractivity contribution in [2.24, 2.45) is 0 Å². The normalized spacial score (nSPS) is 17.3. The van der Waals surface area contributed by atoms with E-state index in [9.17, 15) is 0 Å². The van der Waals surface area contributed by atoms with Crippen molar-refractivity contribution in [3.8, 4) is 17.2 Å². The van der Waals surface area contributed by atoms with Gasteiger partial charge in [-0.25, -0.2) is 4.98 Å². The summed E-state index contributed by atoms with van der Waals surface area (Å²) >= 11 is 0. The van der Waals surface area contributed by atoms with Crippen molar-refractivity contribution >= 4 is 0 Å². The van der Waals surface area contributed by atoms with Gasteiger partial charge in [-0.1, -0.05) is 6.07 Å². The quantitative estimate of drug-likeness (QED) is 0.625. The molecule has 1 atom stereocenters. The third-order valence-electron chi connectivity index (χ3n) is 5.11. The van der Waals surface area contributed by atoms with Crippen molar-refractivity contribution < 1.29 is 9.15 Å². The fraction of sp³-hybridized carbons (Fsp3) is 0.364. The second-order valence-electron chi connectivity index (χ2n) is 7.06. The van der Waals surface area contributed by atoms with Crippen LogP contribution in [-0.4, -0.2) is 34.0 Å². The number of aromatic nitrogens is 2. The predicted octanol–water partition coefficient (Wildman–Crippen LogP) is 4.34. The molecule has 0 radical (unpaired) electrons. The highest BCUT2D eigenvalue weighted by Gasteiger charge is 2.20. The molecule has 5 heteroatoms. The Bertz CT molecular complexity index is 846. The average molecular weight is 363 g/mol. The van der Waals surface area contributed by atoms with Gasteiger partial charge in [0.25, 0.3) is 0 Å². The summed E-state index contributed by atoms with van der Waals surface area (Å²) < 4.78 is 11.5. The van der Waals surface area contributed by atoms with E-state index in [0.29, 0.717) is 18.5 Å². The molecule has 0 unspecified atom stereocenters. The van der Waals surface area contributed by atoms with Crippen LogP contribution in [-0.2, 0) is 13.0 Å². The summed E-state index contributed by atoms with van der Waals surface area (Å²) in [7, 11) is 0. The van der Waals surface area contributed by atoms with Crippen LogP contribution in [0.25, 0.3) is 11.5 Å². The maximum absolute atomic E-state index is 5.77. The van der Waals surface area contributed by atoms with E-state index in [1.165, 1.54) is 19.4 Å². The highest BCUT2D eigenvalue weighted by atomic mass is 16.5. The molecular formula is C22H25N3O2. The van der Waals surface area contributed by atoms with E-state index < -0.39 is 0 Å². The smallest absolute Gasteiger partial charge is 0.226 e. The first-order valence-corrected chi connectivity index (χ1v) is 9.59. The Labute approximate surface area is 160 Å². The molecule has 0 N–H and O–H groups in total. The third kappa shape index (κ3) is 4.55. The Balaban J connectivity index is 1.33. The molecular weight excluding hydrogens is 338 g/mol. The maximum Gasteiger partial charge on any atom is 0.226 e. The monoisotopic (exact) mass is 363 g/mol. The summed E-state index contributed by atoms with van der Waals surface area (Å²) in [6.45, 7) is 5.01. The van der Waals surface area contributed by atoms with Crippen LogP contribution in [0.3, 0.4) is 0 Å². The first kappa shape index (κ1) is 17.7. The molecule has 1 aromatic carbocycles. The Morgan fingerprint density at radius 3 is 2.78 bits per heavy atom. The maximum atomic E-state index is 5.77. The highest BCUT2D eigenvalue weighted by molar-refractivity contribution is 5.54. The van der Waals surface area contributed by atoms with Crippen molar-refractivity contribution in [1.29, 1.82) is 0 Å².